The summed E-state index contributed by atoms with van der Waals surface area (Å²) in [6, 6.07) is 0. The molecule has 0 N–H and O–H groups in total. The van der Waals surface area contributed by atoms with Gasteiger partial charge < -0.3 is 16.9 Å². The van der Waals surface area contributed by atoms with Crippen molar-refractivity contribution in [1.29, 1.82) is 0 Å². The second kappa shape index (κ2) is 9.30. The molecule has 0 bridgehead atoms. The molecule has 2 heteroatoms. The Kier molecular flexibility index (Phi) is 9.44. The van der Waals surface area contributed by atoms with Gasteiger partial charge in [-0.1, -0.05) is 39.0 Å². The molecular formula is C14H30ClN. The Hall–Kier alpha value is 0.250. The van der Waals surface area contributed by atoms with Crippen LogP contribution in [0.15, 0.2) is 0 Å². The first-order chi connectivity index (χ1) is 7.27. The second-order valence-electron chi connectivity index (χ2n) is 5.62. The van der Waals surface area contributed by atoms with Crippen LogP contribution in [-0.2, 0) is 0 Å². The van der Waals surface area contributed by atoms with Crippen molar-refractivity contribution in [2.45, 2.75) is 64.7 Å². The molecule has 16 heavy (non-hydrogen) atoms. The third-order valence-corrected chi connectivity index (χ3v) is 3.95. The number of nitrogens with zero attached hydrogens (tertiary/aromatic N) is 1. The summed E-state index contributed by atoms with van der Waals surface area (Å²) in [5, 5.41) is 0. The van der Waals surface area contributed by atoms with E-state index in [1.54, 1.807) is 0 Å². The monoisotopic (exact) mass is 247 g/mol. The zero-order valence-corrected chi connectivity index (χ0v) is 12.1. The van der Waals surface area contributed by atoms with Crippen molar-refractivity contribution in [1.82, 2.24) is 0 Å². The van der Waals surface area contributed by atoms with Crippen LogP contribution in [0.1, 0.15) is 64.7 Å². The zero-order valence-electron chi connectivity index (χ0n) is 11.3. The van der Waals surface area contributed by atoms with E-state index in [9.17, 15) is 0 Å². The van der Waals surface area contributed by atoms with Gasteiger partial charge in [-0.25, -0.2) is 0 Å². The number of likely N-dealkylation sites (tertiary alicyclic amines) is 1. The van der Waals surface area contributed by atoms with Crippen molar-refractivity contribution < 1.29 is 16.9 Å². The molecule has 1 aliphatic rings. The molecule has 0 amide bonds. The third kappa shape index (κ3) is 6.75. The molecule has 1 aliphatic heterocycles. The van der Waals surface area contributed by atoms with E-state index < -0.39 is 0 Å². The molecule has 1 saturated heterocycles. The molecule has 0 aromatic carbocycles. The molecule has 98 valence electrons. The van der Waals surface area contributed by atoms with Gasteiger partial charge in [-0.05, 0) is 12.8 Å². The van der Waals surface area contributed by atoms with Gasteiger partial charge in [-0.15, -0.1) is 0 Å². The molecule has 1 rings (SSSR count). The molecule has 1 fully saturated rings. The summed E-state index contributed by atoms with van der Waals surface area (Å²) in [5.74, 6) is 0. The lowest BCUT2D eigenvalue weighted by atomic mass is 10.1. The fourth-order valence-electron chi connectivity index (χ4n) is 2.77. The predicted octanol–water partition coefficient (Wildman–Crippen LogP) is 0.981. The van der Waals surface area contributed by atoms with Gasteiger partial charge in [0, 0.05) is 12.8 Å². The van der Waals surface area contributed by atoms with Gasteiger partial charge in [-0.3, -0.25) is 0 Å². The van der Waals surface area contributed by atoms with Gasteiger partial charge in [0.15, 0.2) is 0 Å². The summed E-state index contributed by atoms with van der Waals surface area (Å²) in [6.07, 6.45) is 13.1. The van der Waals surface area contributed by atoms with Gasteiger partial charge >= 0.3 is 0 Å². The van der Waals surface area contributed by atoms with Gasteiger partial charge in [0.05, 0.1) is 26.7 Å². The Bertz CT molecular complexity index is 153. The normalized spacial score (nSPS) is 18.4. The molecule has 0 aliphatic carbocycles. The number of unbranched alkanes of at least 4 members (excludes halogenated alkanes) is 6. The summed E-state index contributed by atoms with van der Waals surface area (Å²) < 4.78 is 1.37. The highest BCUT2D eigenvalue weighted by molar-refractivity contribution is 4.52. The van der Waals surface area contributed by atoms with E-state index in [1.807, 2.05) is 0 Å². The van der Waals surface area contributed by atoms with E-state index >= 15 is 0 Å². The number of halogens is 1. The average molecular weight is 248 g/mol. The van der Waals surface area contributed by atoms with E-state index in [1.165, 1.54) is 81.9 Å². The summed E-state index contributed by atoms with van der Waals surface area (Å²) in [5.41, 5.74) is 0. The van der Waals surface area contributed by atoms with Crippen LogP contribution in [0.4, 0.5) is 0 Å². The first-order valence-electron chi connectivity index (χ1n) is 7.10. The van der Waals surface area contributed by atoms with Gasteiger partial charge in [-0.2, -0.15) is 0 Å². The molecule has 1 nitrogen and oxygen atoms in total. The Morgan fingerprint density at radius 3 is 1.88 bits per heavy atom. The number of hydrogen-bond acceptors (Lipinski definition) is 0. The van der Waals surface area contributed by atoms with Crippen molar-refractivity contribution >= 4 is 0 Å². The quantitative estimate of drug-likeness (QED) is 0.443. The maximum Gasteiger partial charge on any atom is 0.0786 e. The predicted molar refractivity (Wildman–Crippen MR) is 68.0 cm³/mol. The zero-order chi connectivity index (χ0) is 11.0. The first kappa shape index (κ1) is 16.2. The molecule has 0 unspecified atom stereocenters. The van der Waals surface area contributed by atoms with Crippen LogP contribution in [0.2, 0.25) is 0 Å². The van der Waals surface area contributed by atoms with E-state index in [2.05, 4.69) is 14.0 Å². The molecule has 0 aromatic heterocycles. The lowest BCUT2D eigenvalue weighted by molar-refractivity contribution is -0.897. The van der Waals surface area contributed by atoms with Crippen molar-refractivity contribution in [2.75, 3.05) is 26.7 Å². The van der Waals surface area contributed by atoms with E-state index in [-0.39, 0.29) is 12.4 Å². The first-order valence-corrected chi connectivity index (χ1v) is 7.10. The molecule has 0 aromatic rings. The summed E-state index contributed by atoms with van der Waals surface area (Å²) in [4.78, 5) is 0. The second-order valence-corrected chi connectivity index (χ2v) is 5.62. The summed E-state index contributed by atoms with van der Waals surface area (Å²) in [7, 11) is 2.45. The Balaban J connectivity index is 0.00000225. The van der Waals surface area contributed by atoms with Gasteiger partial charge in [0.25, 0.3) is 0 Å². The smallest absolute Gasteiger partial charge is 0.0786 e. The highest BCUT2D eigenvalue weighted by Crippen LogP contribution is 2.18. The van der Waals surface area contributed by atoms with Crippen LogP contribution in [0, 0.1) is 0 Å². The fraction of sp³-hybridized carbons (Fsp3) is 1.00. The highest BCUT2D eigenvalue weighted by Gasteiger charge is 2.25. The molecule has 0 saturated carbocycles. The Morgan fingerprint density at radius 1 is 0.812 bits per heavy atom. The molecule has 0 radical (unpaired) electrons. The molecule has 1 heterocycles. The van der Waals surface area contributed by atoms with Crippen LogP contribution in [-0.4, -0.2) is 31.2 Å². The molecule has 0 atom stereocenters. The minimum absolute atomic E-state index is 0. The van der Waals surface area contributed by atoms with Gasteiger partial charge in [0.1, 0.15) is 0 Å². The Labute approximate surface area is 109 Å². The van der Waals surface area contributed by atoms with Crippen LogP contribution in [0.3, 0.4) is 0 Å². The summed E-state index contributed by atoms with van der Waals surface area (Å²) in [6.45, 7) is 6.61. The van der Waals surface area contributed by atoms with Crippen molar-refractivity contribution in [3.05, 3.63) is 0 Å². The van der Waals surface area contributed by atoms with Crippen LogP contribution in [0.5, 0.6) is 0 Å². The van der Waals surface area contributed by atoms with Crippen LogP contribution >= 0.6 is 0 Å². The fourth-order valence-corrected chi connectivity index (χ4v) is 2.77. The topological polar surface area (TPSA) is 0 Å². The van der Waals surface area contributed by atoms with Crippen molar-refractivity contribution in [3.8, 4) is 0 Å². The van der Waals surface area contributed by atoms with E-state index in [0.717, 1.165) is 0 Å². The minimum Gasteiger partial charge on any atom is -1.00 e. The van der Waals surface area contributed by atoms with Crippen molar-refractivity contribution in [3.63, 3.8) is 0 Å². The molecule has 0 spiro atoms. The maximum absolute atomic E-state index is 2.45. The van der Waals surface area contributed by atoms with Crippen molar-refractivity contribution in [2.24, 2.45) is 0 Å². The van der Waals surface area contributed by atoms with Gasteiger partial charge in [0.2, 0.25) is 0 Å². The number of quaternary nitrogens is 1. The minimum atomic E-state index is 0. The van der Waals surface area contributed by atoms with Crippen LogP contribution < -0.4 is 12.4 Å². The SMILES string of the molecule is CCCCCCCCC[N+]1(C)CCCC1.[Cl-]. The number of rotatable bonds is 8. The standard InChI is InChI=1S/C14H30N.ClH/c1-3-4-5-6-7-8-9-12-15(2)13-10-11-14-15;/h3-14H2,1-2H3;1H/q+1;/p-1. The lowest BCUT2D eigenvalue weighted by Crippen LogP contribution is -3.00. The maximum atomic E-state index is 2.45. The average Bonchev–Trinajstić information content (AvgIpc) is 2.64. The lowest BCUT2D eigenvalue weighted by Gasteiger charge is -2.29. The highest BCUT2D eigenvalue weighted by atomic mass is 35.5. The number of hydrogen-bond donors (Lipinski definition) is 0. The summed E-state index contributed by atoms with van der Waals surface area (Å²) >= 11 is 0. The van der Waals surface area contributed by atoms with Crippen LogP contribution in [0.25, 0.3) is 0 Å². The third-order valence-electron chi connectivity index (χ3n) is 3.95. The Morgan fingerprint density at radius 2 is 1.31 bits per heavy atom. The van der Waals surface area contributed by atoms with E-state index in [4.69, 9.17) is 0 Å². The van der Waals surface area contributed by atoms with E-state index in [0.29, 0.717) is 0 Å². The molecular weight excluding hydrogens is 218 g/mol. The largest absolute Gasteiger partial charge is 1.00 e.